The van der Waals surface area contributed by atoms with Gasteiger partial charge < -0.3 is 9.73 Å². The number of benzene rings is 2. The predicted octanol–water partition coefficient (Wildman–Crippen LogP) is 5.41. The van der Waals surface area contributed by atoms with Crippen LogP contribution in [0.5, 0.6) is 0 Å². The molecule has 0 saturated heterocycles. The van der Waals surface area contributed by atoms with E-state index in [4.69, 9.17) is 4.42 Å². The first kappa shape index (κ1) is 20.7. The van der Waals surface area contributed by atoms with Crippen LogP contribution in [0.1, 0.15) is 5.01 Å². The van der Waals surface area contributed by atoms with Crippen molar-refractivity contribution in [3.63, 3.8) is 0 Å². The van der Waals surface area contributed by atoms with Gasteiger partial charge in [-0.2, -0.15) is 5.26 Å². The Kier molecular flexibility index (Phi) is 5.79. The van der Waals surface area contributed by atoms with E-state index in [1.54, 1.807) is 11.6 Å². The minimum Gasteiger partial charge on any atom is -0.422 e. The van der Waals surface area contributed by atoms with Gasteiger partial charge in [-0.3, -0.25) is 10.1 Å². The molecule has 4 rings (SSSR count). The first-order chi connectivity index (χ1) is 15.0. The zero-order valence-electron chi connectivity index (χ0n) is 15.5. The molecule has 31 heavy (non-hydrogen) atoms. The first-order valence-corrected chi connectivity index (χ1v) is 10.7. The van der Waals surface area contributed by atoms with Gasteiger partial charge in [-0.1, -0.05) is 12.1 Å². The summed E-state index contributed by atoms with van der Waals surface area (Å²) >= 11 is 3.39. The molecule has 0 fully saturated rings. The van der Waals surface area contributed by atoms with Crippen molar-refractivity contribution >= 4 is 61.8 Å². The molecule has 4 aromatic rings. The van der Waals surface area contributed by atoms with E-state index in [1.807, 2.05) is 24.3 Å². The number of nitro benzene ring substituents is 1. The van der Waals surface area contributed by atoms with E-state index in [0.717, 1.165) is 9.26 Å². The maximum atomic E-state index is 12.4. The molecule has 152 valence electrons. The fourth-order valence-corrected chi connectivity index (χ4v) is 4.12. The van der Waals surface area contributed by atoms with Crippen molar-refractivity contribution in [2.45, 2.75) is 0 Å². The molecule has 8 nitrogen and oxygen atoms in total. The summed E-state index contributed by atoms with van der Waals surface area (Å²) in [5.41, 5.74) is 1.17. The molecule has 2 aromatic carbocycles. The zero-order chi connectivity index (χ0) is 22.0. The normalized spacial score (nSPS) is 11.3. The predicted molar refractivity (Wildman–Crippen MR) is 127 cm³/mol. The summed E-state index contributed by atoms with van der Waals surface area (Å²) in [5.74, 6) is 0. The maximum absolute atomic E-state index is 12.4. The number of hydrogen-bond donors (Lipinski definition) is 1. The highest BCUT2D eigenvalue weighted by atomic mass is 127. The second kappa shape index (κ2) is 8.66. The van der Waals surface area contributed by atoms with Crippen molar-refractivity contribution in [2.24, 2.45) is 0 Å². The number of nitro groups is 1. The van der Waals surface area contributed by atoms with Crippen LogP contribution in [-0.4, -0.2) is 9.91 Å². The molecule has 0 saturated carbocycles. The Morgan fingerprint density at radius 1 is 1.29 bits per heavy atom. The lowest BCUT2D eigenvalue weighted by Crippen LogP contribution is -2.03. The van der Waals surface area contributed by atoms with E-state index in [1.165, 1.54) is 35.6 Å². The van der Waals surface area contributed by atoms with Crippen molar-refractivity contribution in [1.29, 1.82) is 5.26 Å². The number of nitrogens with one attached hydrogen (secondary N) is 1. The molecule has 0 atom stereocenters. The SMILES string of the molecule is N#C/C(=C/Nc1ccccc1I)c1nc(-c2cc3cc([N+](=O)[O-])ccc3oc2=O)cs1. The van der Waals surface area contributed by atoms with Gasteiger partial charge in [0.2, 0.25) is 0 Å². The summed E-state index contributed by atoms with van der Waals surface area (Å²) in [4.78, 5) is 27.3. The first-order valence-electron chi connectivity index (χ1n) is 8.76. The number of aromatic nitrogens is 1. The van der Waals surface area contributed by atoms with Crippen LogP contribution < -0.4 is 10.9 Å². The summed E-state index contributed by atoms with van der Waals surface area (Å²) in [6, 6.07) is 15.2. The molecule has 0 spiro atoms. The summed E-state index contributed by atoms with van der Waals surface area (Å²) in [7, 11) is 0. The Morgan fingerprint density at radius 2 is 2.10 bits per heavy atom. The number of hydrogen-bond acceptors (Lipinski definition) is 8. The van der Waals surface area contributed by atoms with Gasteiger partial charge in [-0.05, 0) is 46.9 Å². The lowest BCUT2D eigenvalue weighted by molar-refractivity contribution is -0.384. The van der Waals surface area contributed by atoms with Gasteiger partial charge in [0.15, 0.2) is 0 Å². The van der Waals surface area contributed by atoms with E-state index >= 15 is 0 Å². The quantitative estimate of drug-likeness (QED) is 0.118. The van der Waals surface area contributed by atoms with E-state index < -0.39 is 10.5 Å². The third kappa shape index (κ3) is 4.32. The van der Waals surface area contributed by atoms with E-state index in [0.29, 0.717) is 21.7 Å². The number of para-hydroxylation sites is 1. The third-order valence-electron chi connectivity index (χ3n) is 4.30. The second-order valence-corrected chi connectivity index (χ2v) is 8.28. The lowest BCUT2D eigenvalue weighted by atomic mass is 10.1. The fraction of sp³-hybridized carbons (Fsp3) is 0. The van der Waals surface area contributed by atoms with Crippen LogP contribution in [0.15, 0.2) is 69.3 Å². The average molecular weight is 542 g/mol. The van der Waals surface area contributed by atoms with E-state index in [2.05, 4.69) is 39.0 Å². The second-order valence-electron chi connectivity index (χ2n) is 6.26. The van der Waals surface area contributed by atoms with Gasteiger partial charge in [-0.15, -0.1) is 11.3 Å². The average Bonchev–Trinajstić information content (AvgIpc) is 3.24. The molecular weight excluding hydrogens is 531 g/mol. The van der Waals surface area contributed by atoms with Crippen LogP contribution in [0.2, 0.25) is 0 Å². The molecule has 0 radical (unpaired) electrons. The van der Waals surface area contributed by atoms with Gasteiger partial charge in [0.25, 0.3) is 5.69 Å². The van der Waals surface area contributed by atoms with E-state index in [9.17, 15) is 20.2 Å². The molecule has 1 N–H and O–H groups in total. The fourth-order valence-electron chi connectivity index (χ4n) is 2.79. The molecule has 2 heterocycles. The molecule has 0 bridgehead atoms. The van der Waals surface area contributed by atoms with Crippen molar-refractivity contribution < 1.29 is 9.34 Å². The van der Waals surface area contributed by atoms with Crippen LogP contribution in [0, 0.1) is 25.0 Å². The molecule has 0 aliphatic carbocycles. The number of allylic oxidation sites excluding steroid dienone is 1. The van der Waals surface area contributed by atoms with Crippen LogP contribution in [-0.2, 0) is 0 Å². The molecule has 0 aliphatic rings. The Hall–Kier alpha value is -3.56. The van der Waals surface area contributed by atoms with Crippen LogP contribution >= 0.6 is 33.9 Å². The summed E-state index contributed by atoms with van der Waals surface area (Å²) in [6.07, 6.45) is 1.56. The van der Waals surface area contributed by atoms with Crippen molar-refractivity contribution in [3.05, 3.63) is 89.2 Å². The molecule has 0 unspecified atom stereocenters. The van der Waals surface area contributed by atoms with Crippen molar-refractivity contribution in [3.8, 4) is 17.3 Å². The minimum absolute atomic E-state index is 0.109. The van der Waals surface area contributed by atoms with Crippen LogP contribution in [0.4, 0.5) is 11.4 Å². The number of nitrogens with zero attached hydrogens (tertiary/aromatic N) is 3. The molecular formula is C21H11IN4O4S. The standard InChI is InChI=1S/C21H11IN4O4S/c22-16-3-1-2-4-17(16)24-10-13(9-23)20-25-18(11-31-20)15-8-12-7-14(26(28)29)5-6-19(12)30-21(15)27/h1-8,10-11,24H/b13-10-. The number of nitriles is 1. The topological polar surface area (TPSA) is 122 Å². The van der Waals surface area contributed by atoms with Gasteiger partial charge in [0.05, 0.1) is 21.9 Å². The highest BCUT2D eigenvalue weighted by molar-refractivity contribution is 14.1. The zero-order valence-corrected chi connectivity index (χ0v) is 18.5. The smallest absolute Gasteiger partial charge is 0.345 e. The highest BCUT2D eigenvalue weighted by Gasteiger charge is 2.15. The summed E-state index contributed by atoms with van der Waals surface area (Å²) in [5, 5.41) is 26.1. The Bertz CT molecular complexity index is 1450. The Balaban J connectivity index is 1.69. The molecule has 2 aromatic heterocycles. The van der Waals surface area contributed by atoms with Gasteiger partial charge in [0, 0.05) is 32.7 Å². The van der Waals surface area contributed by atoms with Gasteiger partial charge in [0.1, 0.15) is 22.2 Å². The third-order valence-corrected chi connectivity index (χ3v) is 6.12. The Morgan fingerprint density at radius 3 is 2.84 bits per heavy atom. The molecule has 0 amide bonds. The number of non-ortho nitro benzene ring substituents is 1. The number of halogens is 1. The number of fused-ring (bicyclic) bond motifs is 1. The molecule has 0 aliphatic heterocycles. The van der Waals surface area contributed by atoms with Crippen molar-refractivity contribution in [1.82, 2.24) is 4.98 Å². The van der Waals surface area contributed by atoms with Crippen LogP contribution in [0.3, 0.4) is 0 Å². The highest BCUT2D eigenvalue weighted by Crippen LogP contribution is 2.28. The number of thiazole rings is 1. The summed E-state index contributed by atoms with van der Waals surface area (Å²) in [6.45, 7) is 0. The minimum atomic E-state index is -0.613. The maximum Gasteiger partial charge on any atom is 0.345 e. The van der Waals surface area contributed by atoms with Crippen LogP contribution in [0.25, 0.3) is 27.8 Å². The largest absolute Gasteiger partial charge is 0.422 e. The monoisotopic (exact) mass is 542 g/mol. The van der Waals surface area contributed by atoms with Crippen molar-refractivity contribution in [2.75, 3.05) is 5.32 Å². The summed E-state index contributed by atoms with van der Waals surface area (Å²) < 4.78 is 6.29. The Labute approximate surface area is 192 Å². The number of rotatable bonds is 5. The van der Waals surface area contributed by atoms with Gasteiger partial charge in [-0.25, -0.2) is 9.78 Å². The molecule has 10 heteroatoms. The lowest BCUT2D eigenvalue weighted by Gasteiger charge is -2.03. The van der Waals surface area contributed by atoms with Gasteiger partial charge >= 0.3 is 5.63 Å². The number of anilines is 1. The van der Waals surface area contributed by atoms with E-state index in [-0.39, 0.29) is 16.8 Å².